The highest BCUT2D eigenvalue weighted by Gasteiger charge is 2.45. The highest BCUT2D eigenvalue weighted by atomic mass is 16.5. The first-order chi connectivity index (χ1) is 14.7. The van der Waals surface area contributed by atoms with Gasteiger partial charge in [-0.15, -0.1) is 0 Å². The standard InChI is InChI=1S/C26H29NO4/c1-16-6-8-17(9-7-16)27-21-14-26(2,3)15-22(28)25(21)20(13-24(27)29)19-12-18(30-4)10-11-23(19)31-5/h6-12,20H,13-15H2,1-5H3/t20-/m1/s1. The first-order valence-corrected chi connectivity index (χ1v) is 10.6. The number of hydrogen-bond acceptors (Lipinski definition) is 4. The van der Waals surface area contributed by atoms with Crippen molar-refractivity contribution in [2.45, 2.75) is 46.0 Å². The predicted octanol–water partition coefficient (Wildman–Crippen LogP) is 5.18. The number of allylic oxidation sites excluding steroid dienone is 2. The summed E-state index contributed by atoms with van der Waals surface area (Å²) in [7, 11) is 3.21. The normalized spacial score (nSPS) is 20.5. The van der Waals surface area contributed by atoms with E-state index in [1.807, 2.05) is 49.4 Å². The molecule has 0 fully saturated rings. The second-order valence-corrected chi connectivity index (χ2v) is 9.23. The summed E-state index contributed by atoms with van der Waals surface area (Å²) in [5.74, 6) is 1.08. The average Bonchev–Trinajstić information content (AvgIpc) is 2.72. The van der Waals surface area contributed by atoms with Crippen molar-refractivity contribution in [2.75, 3.05) is 19.1 Å². The van der Waals surface area contributed by atoms with E-state index in [9.17, 15) is 9.59 Å². The number of nitrogens with zero attached hydrogens (tertiary/aromatic N) is 1. The molecule has 0 N–H and O–H groups in total. The van der Waals surface area contributed by atoms with Gasteiger partial charge in [-0.3, -0.25) is 14.5 Å². The van der Waals surface area contributed by atoms with Gasteiger partial charge >= 0.3 is 0 Å². The van der Waals surface area contributed by atoms with Crippen LogP contribution >= 0.6 is 0 Å². The number of carbonyl (C=O) groups is 2. The minimum Gasteiger partial charge on any atom is -0.497 e. The van der Waals surface area contributed by atoms with Crippen LogP contribution in [0.2, 0.25) is 0 Å². The molecule has 1 atom stereocenters. The first-order valence-electron chi connectivity index (χ1n) is 10.6. The van der Waals surface area contributed by atoms with Gasteiger partial charge in [0.25, 0.3) is 0 Å². The molecule has 2 aromatic carbocycles. The van der Waals surface area contributed by atoms with E-state index in [4.69, 9.17) is 9.47 Å². The minimum atomic E-state index is -0.349. The number of benzene rings is 2. The zero-order valence-corrected chi connectivity index (χ0v) is 18.8. The van der Waals surface area contributed by atoms with Crippen LogP contribution in [0.5, 0.6) is 11.5 Å². The lowest BCUT2D eigenvalue weighted by atomic mass is 9.69. The first kappa shape index (κ1) is 21.2. The van der Waals surface area contributed by atoms with Gasteiger partial charge in [-0.1, -0.05) is 31.5 Å². The lowest BCUT2D eigenvalue weighted by molar-refractivity contribution is -0.121. The van der Waals surface area contributed by atoms with Crippen molar-refractivity contribution in [1.82, 2.24) is 0 Å². The maximum absolute atomic E-state index is 13.5. The van der Waals surface area contributed by atoms with Crippen LogP contribution in [0.25, 0.3) is 0 Å². The minimum absolute atomic E-state index is 0.0111. The fourth-order valence-electron chi connectivity index (χ4n) is 4.79. The van der Waals surface area contributed by atoms with Crippen LogP contribution in [0.15, 0.2) is 53.7 Å². The van der Waals surface area contributed by atoms with E-state index in [-0.39, 0.29) is 29.4 Å². The van der Waals surface area contributed by atoms with E-state index in [0.717, 1.165) is 28.1 Å². The van der Waals surface area contributed by atoms with Gasteiger partial charge in [0.15, 0.2) is 5.78 Å². The number of carbonyl (C=O) groups excluding carboxylic acids is 2. The molecular formula is C26H29NO4. The Bertz CT molecular complexity index is 1070. The molecule has 5 nitrogen and oxygen atoms in total. The fraction of sp³-hybridized carbons (Fsp3) is 0.385. The summed E-state index contributed by atoms with van der Waals surface area (Å²) in [5, 5.41) is 0. The number of ketones is 1. The molecule has 31 heavy (non-hydrogen) atoms. The number of anilines is 1. The van der Waals surface area contributed by atoms with Crippen molar-refractivity contribution in [3.8, 4) is 11.5 Å². The zero-order valence-electron chi connectivity index (χ0n) is 18.8. The third-order valence-corrected chi connectivity index (χ3v) is 6.25. The molecule has 0 aromatic heterocycles. The van der Waals surface area contributed by atoms with E-state index in [1.165, 1.54) is 0 Å². The molecule has 4 rings (SSSR count). The van der Waals surface area contributed by atoms with Crippen LogP contribution in [0, 0.1) is 12.3 Å². The number of ether oxygens (including phenoxy) is 2. The van der Waals surface area contributed by atoms with Crippen LogP contribution < -0.4 is 14.4 Å². The summed E-state index contributed by atoms with van der Waals surface area (Å²) in [6.07, 6.45) is 1.34. The van der Waals surface area contributed by atoms with Crippen LogP contribution in [-0.4, -0.2) is 25.9 Å². The summed E-state index contributed by atoms with van der Waals surface area (Å²) in [6, 6.07) is 13.4. The van der Waals surface area contributed by atoms with Crippen molar-refractivity contribution >= 4 is 17.4 Å². The number of rotatable bonds is 4. The molecule has 0 bridgehead atoms. The molecule has 0 saturated carbocycles. The molecule has 0 radical (unpaired) electrons. The van der Waals surface area contributed by atoms with Gasteiger partial charge < -0.3 is 9.47 Å². The van der Waals surface area contributed by atoms with Crippen molar-refractivity contribution < 1.29 is 19.1 Å². The SMILES string of the molecule is COc1ccc(OC)c([C@H]2CC(=O)N(c3ccc(C)cc3)C3=C2C(=O)CC(C)(C)C3)c1. The van der Waals surface area contributed by atoms with Gasteiger partial charge in [-0.2, -0.15) is 0 Å². The van der Waals surface area contributed by atoms with Crippen molar-refractivity contribution in [3.05, 3.63) is 64.9 Å². The third kappa shape index (κ3) is 3.85. The Morgan fingerprint density at radius 2 is 1.68 bits per heavy atom. The van der Waals surface area contributed by atoms with E-state index in [2.05, 4.69) is 13.8 Å². The Balaban J connectivity index is 1.92. The smallest absolute Gasteiger partial charge is 0.232 e. The summed E-state index contributed by atoms with van der Waals surface area (Å²) in [4.78, 5) is 28.7. The van der Waals surface area contributed by atoms with Gasteiger partial charge in [-0.05, 0) is 49.1 Å². The second kappa shape index (κ2) is 7.88. The van der Waals surface area contributed by atoms with Crippen molar-refractivity contribution in [1.29, 1.82) is 0 Å². The molecule has 1 amide bonds. The summed E-state index contributed by atoms with van der Waals surface area (Å²) >= 11 is 0. The lowest BCUT2D eigenvalue weighted by Crippen LogP contribution is -2.43. The van der Waals surface area contributed by atoms with E-state index in [1.54, 1.807) is 19.1 Å². The third-order valence-electron chi connectivity index (χ3n) is 6.25. The second-order valence-electron chi connectivity index (χ2n) is 9.23. The molecule has 0 unspecified atom stereocenters. The van der Waals surface area contributed by atoms with Crippen molar-refractivity contribution in [2.24, 2.45) is 5.41 Å². The Morgan fingerprint density at radius 3 is 2.32 bits per heavy atom. The van der Waals surface area contributed by atoms with Gasteiger partial charge in [0, 0.05) is 41.3 Å². The summed E-state index contributed by atoms with van der Waals surface area (Å²) in [6.45, 7) is 6.19. The van der Waals surface area contributed by atoms with Crippen LogP contribution in [0.3, 0.4) is 0 Å². The lowest BCUT2D eigenvalue weighted by Gasteiger charge is -2.43. The fourth-order valence-corrected chi connectivity index (χ4v) is 4.79. The maximum Gasteiger partial charge on any atom is 0.232 e. The highest BCUT2D eigenvalue weighted by molar-refractivity contribution is 6.08. The van der Waals surface area contributed by atoms with Crippen LogP contribution in [0.4, 0.5) is 5.69 Å². The average molecular weight is 420 g/mol. The molecule has 162 valence electrons. The van der Waals surface area contributed by atoms with Gasteiger partial charge in [0.2, 0.25) is 5.91 Å². The van der Waals surface area contributed by atoms with Crippen molar-refractivity contribution in [3.63, 3.8) is 0 Å². The molecular weight excluding hydrogens is 390 g/mol. The molecule has 1 aliphatic heterocycles. The molecule has 0 saturated heterocycles. The maximum atomic E-state index is 13.5. The Morgan fingerprint density at radius 1 is 0.968 bits per heavy atom. The van der Waals surface area contributed by atoms with E-state index >= 15 is 0 Å². The molecule has 2 aromatic rings. The molecule has 1 heterocycles. The topological polar surface area (TPSA) is 55.8 Å². The van der Waals surface area contributed by atoms with E-state index in [0.29, 0.717) is 24.3 Å². The number of hydrogen-bond donors (Lipinski definition) is 0. The summed E-state index contributed by atoms with van der Waals surface area (Å²) in [5.41, 5.74) is 4.09. The number of methoxy groups -OCH3 is 2. The number of Topliss-reactive ketones (excluding diaryl/α,β-unsaturated/α-hetero) is 1. The predicted molar refractivity (Wildman–Crippen MR) is 121 cm³/mol. The van der Waals surface area contributed by atoms with Gasteiger partial charge in [0.1, 0.15) is 11.5 Å². The largest absolute Gasteiger partial charge is 0.497 e. The van der Waals surface area contributed by atoms with E-state index < -0.39 is 0 Å². The molecule has 2 aliphatic rings. The monoisotopic (exact) mass is 419 g/mol. The zero-order chi connectivity index (χ0) is 22.3. The Kier molecular flexibility index (Phi) is 5.38. The van der Waals surface area contributed by atoms with Crippen LogP contribution in [-0.2, 0) is 9.59 Å². The Labute approximate surface area is 183 Å². The Hall–Kier alpha value is -3.08. The number of aryl methyl sites for hydroxylation is 1. The molecule has 0 spiro atoms. The van der Waals surface area contributed by atoms with Gasteiger partial charge in [0.05, 0.1) is 14.2 Å². The molecule has 5 heteroatoms. The molecule has 1 aliphatic carbocycles. The highest BCUT2D eigenvalue weighted by Crippen LogP contribution is 2.49. The van der Waals surface area contributed by atoms with Crippen LogP contribution in [0.1, 0.15) is 50.2 Å². The quantitative estimate of drug-likeness (QED) is 0.686. The summed E-state index contributed by atoms with van der Waals surface area (Å²) < 4.78 is 11.0. The van der Waals surface area contributed by atoms with Gasteiger partial charge in [-0.25, -0.2) is 0 Å². The number of amides is 1.